The lowest BCUT2D eigenvalue weighted by Gasteiger charge is -2.25. The minimum absolute atomic E-state index is 0.168. The van der Waals surface area contributed by atoms with Gasteiger partial charge >= 0.3 is 0 Å². The standard InChI is InChI=1S/C14H28N2O3/c1-14(2)5-4-13(18)16(8-6-14)11-12(17)10-15-7-9-19-3/h12,15,17H,4-11H2,1-3H3. The number of carbonyl (C=O) groups is 1. The summed E-state index contributed by atoms with van der Waals surface area (Å²) in [7, 11) is 1.65. The molecule has 0 aliphatic carbocycles. The minimum atomic E-state index is -0.512. The summed E-state index contributed by atoms with van der Waals surface area (Å²) in [6.07, 6.45) is 2.02. The molecule has 112 valence electrons. The van der Waals surface area contributed by atoms with E-state index in [0.717, 1.165) is 19.4 Å². The predicted octanol–water partition coefficient (Wildman–Crippen LogP) is 0.622. The average Bonchev–Trinajstić information content (AvgIpc) is 2.48. The molecule has 0 spiro atoms. The van der Waals surface area contributed by atoms with Gasteiger partial charge in [0.25, 0.3) is 0 Å². The van der Waals surface area contributed by atoms with Gasteiger partial charge < -0.3 is 20.1 Å². The van der Waals surface area contributed by atoms with Crippen LogP contribution >= 0.6 is 0 Å². The topological polar surface area (TPSA) is 61.8 Å². The Balaban J connectivity index is 2.32. The Morgan fingerprint density at radius 2 is 2.21 bits per heavy atom. The average molecular weight is 272 g/mol. The molecule has 0 bridgehead atoms. The van der Waals surface area contributed by atoms with Gasteiger partial charge in [-0.05, 0) is 18.3 Å². The number of hydrogen-bond donors (Lipinski definition) is 2. The van der Waals surface area contributed by atoms with Crippen LogP contribution in [0.1, 0.15) is 33.1 Å². The zero-order valence-electron chi connectivity index (χ0n) is 12.4. The Hall–Kier alpha value is -0.650. The van der Waals surface area contributed by atoms with E-state index < -0.39 is 6.10 Å². The van der Waals surface area contributed by atoms with Crippen LogP contribution in [0.3, 0.4) is 0 Å². The summed E-state index contributed by atoms with van der Waals surface area (Å²) < 4.78 is 4.92. The van der Waals surface area contributed by atoms with E-state index in [1.165, 1.54) is 0 Å². The molecule has 0 aromatic carbocycles. The first kappa shape index (κ1) is 16.4. The number of nitrogens with one attached hydrogen (secondary N) is 1. The third kappa shape index (κ3) is 6.36. The maximum absolute atomic E-state index is 12.0. The number of aliphatic hydroxyl groups excluding tert-OH is 1. The molecule has 1 heterocycles. The molecule has 1 aliphatic rings. The molecule has 5 nitrogen and oxygen atoms in total. The number of ether oxygens (including phenoxy) is 1. The van der Waals surface area contributed by atoms with Crippen LogP contribution < -0.4 is 5.32 Å². The zero-order valence-corrected chi connectivity index (χ0v) is 12.4. The number of amides is 1. The number of rotatable bonds is 7. The van der Waals surface area contributed by atoms with Crippen LogP contribution in [-0.4, -0.2) is 61.9 Å². The molecule has 1 unspecified atom stereocenters. The van der Waals surface area contributed by atoms with Gasteiger partial charge in [0.1, 0.15) is 0 Å². The Morgan fingerprint density at radius 3 is 2.89 bits per heavy atom. The van der Waals surface area contributed by atoms with Crippen molar-refractivity contribution in [1.29, 1.82) is 0 Å². The van der Waals surface area contributed by atoms with E-state index in [4.69, 9.17) is 4.74 Å². The van der Waals surface area contributed by atoms with E-state index in [-0.39, 0.29) is 11.3 Å². The summed E-state index contributed by atoms with van der Waals surface area (Å²) >= 11 is 0. The van der Waals surface area contributed by atoms with Crippen LogP contribution in [0.25, 0.3) is 0 Å². The fourth-order valence-corrected chi connectivity index (χ4v) is 2.25. The van der Waals surface area contributed by atoms with Gasteiger partial charge in [0.15, 0.2) is 0 Å². The molecule has 1 amide bonds. The van der Waals surface area contributed by atoms with Gasteiger partial charge in [0.05, 0.1) is 12.7 Å². The van der Waals surface area contributed by atoms with Crippen LogP contribution in [0.5, 0.6) is 0 Å². The number of methoxy groups -OCH3 is 1. The number of carbonyl (C=O) groups excluding carboxylic acids is 1. The second-order valence-electron chi connectivity index (χ2n) is 6.10. The molecular formula is C14H28N2O3. The lowest BCUT2D eigenvalue weighted by molar-refractivity contribution is -0.132. The van der Waals surface area contributed by atoms with Crippen molar-refractivity contribution in [3.05, 3.63) is 0 Å². The van der Waals surface area contributed by atoms with Crippen molar-refractivity contribution in [3.63, 3.8) is 0 Å². The molecule has 1 rings (SSSR count). The molecule has 0 radical (unpaired) electrons. The second-order valence-corrected chi connectivity index (χ2v) is 6.10. The Kier molecular flexibility index (Phi) is 6.75. The molecular weight excluding hydrogens is 244 g/mol. The smallest absolute Gasteiger partial charge is 0.222 e. The van der Waals surface area contributed by atoms with Crippen molar-refractivity contribution >= 4 is 5.91 Å². The van der Waals surface area contributed by atoms with Crippen molar-refractivity contribution in [1.82, 2.24) is 10.2 Å². The van der Waals surface area contributed by atoms with Gasteiger partial charge in [-0.2, -0.15) is 0 Å². The normalized spacial score (nSPS) is 21.3. The van der Waals surface area contributed by atoms with Crippen LogP contribution in [0.2, 0.25) is 0 Å². The third-order valence-electron chi connectivity index (χ3n) is 3.72. The quantitative estimate of drug-likeness (QED) is 0.667. The van der Waals surface area contributed by atoms with Crippen LogP contribution in [0, 0.1) is 5.41 Å². The lowest BCUT2D eigenvalue weighted by atomic mass is 9.85. The number of aliphatic hydroxyl groups is 1. The van der Waals surface area contributed by atoms with Gasteiger partial charge in [-0.1, -0.05) is 13.8 Å². The summed E-state index contributed by atoms with van der Waals surface area (Å²) in [6, 6.07) is 0. The highest BCUT2D eigenvalue weighted by Crippen LogP contribution is 2.30. The largest absolute Gasteiger partial charge is 0.390 e. The molecule has 1 saturated heterocycles. The molecule has 2 N–H and O–H groups in total. The first-order chi connectivity index (χ1) is 8.94. The lowest BCUT2D eigenvalue weighted by Crippen LogP contribution is -2.41. The van der Waals surface area contributed by atoms with Crippen LogP contribution in [-0.2, 0) is 9.53 Å². The molecule has 0 aromatic rings. The van der Waals surface area contributed by atoms with E-state index in [9.17, 15) is 9.90 Å². The molecule has 1 fully saturated rings. The molecule has 5 heteroatoms. The second kappa shape index (κ2) is 7.82. The van der Waals surface area contributed by atoms with E-state index in [1.54, 1.807) is 12.0 Å². The van der Waals surface area contributed by atoms with Gasteiger partial charge in [0, 0.05) is 39.7 Å². The first-order valence-corrected chi connectivity index (χ1v) is 7.10. The number of nitrogens with zero attached hydrogens (tertiary/aromatic N) is 1. The van der Waals surface area contributed by atoms with Gasteiger partial charge in [-0.3, -0.25) is 4.79 Å². The van der Waals surface area contributed by atoms with Crippen molar-refractivity contribution in [2.24, 2.45) is 5.41 Å². The monoisotopic (exact) mass is 272 g/mol. The molecule has 1 atom stereocenters. The SMILES string of the molecule is COCCNCC(O)CN1CCC(C)(C)CCC1=O. The molecule has 0 saturated carbocycles. The van der Waals surface area contributed by atoms with E-state index in [0.29, 0.717) is 32.7 Å². The molecule has 0 aromatic heterocycles. The fraction of sp³-hybridized carbons (Fsp3) is 0.929. The summed E-state index contributed by atoms with van der Waals surface area (Å²) in [5.41, 5.74) is 0.228. The van der Waals surface area contributed by atoms with Crippen molar-refractivity contribution < 1.29 is 14.6 Å². The minimum Gasteiger partial charge on any atom is -0.390 e. The first-order valence-electron chi connectivity index (χ1n) is 7.10. The predicted molar refractivity (Wildman–Crippen MR) is 75.0 cm³/mol. The number of β-amino-alcohol motifs (C(OH)–C–C–N with tert-alkyl or cyclic N) is 1. The highest BCUT2D eigenvalue weighted by Gasteiger charge is 2.28. The highest BCUT2D eigenvalue weighted by atomic mass is 16.5. The Bertz CT molecular complexity index is 282. The van der Waals surface area contributed by atoms with Crippen molar-refractivity contribution in [2.75, 3.05) is 39.9 Å². The molecule has 19 heavy (non-hydrogen) atoms. The van der Waals surface area contributed by atoms with E-state index >= 15 is 0 Å². The maximum Gasteiger partial charge on any atom is 0.222 e. The maximum atomic E-state index is 12.0. The van der Waals surface area contributed by atoms with Gasteiger partial charge in [-0.15, -0.1) is 0 Å². The fourth-order valence-electron chi connectivity index (χ4n) is 2.25. The van der Waals surface area contributed by atoms with Crippen LogP contribution in [0.15, 0.2) is 0 Å². The number of likely N-dealkylation sites (tertiary alicyclic amines) is 1. The molecule has 1 aliphatic heterocycles. The zero-order chi connectivity index (χ0) is 14.3. The third-order valence-corrected chi connectivity index (χ3v) is 3.72. The van der Waals surface area contributed by atoms with Gasteiger partial charge in [-0.25, -0.2) is 0 Å². The summed E-state index contributed by atoms with van der Waals surface area (Å²) in [4.78, 5) is 13.8. The van der Waals surface area contributed by atoms with Crippen molar-refractivity contribution in [3.8, 4) is 0 Å². The Labute approximate surface area is 116 Å². The van der Waals surface area contributed by atoms with E-state index in [1.807, 2.05) is 0 Å². The summed E-state index contributed by atoms with van der Waals surface area (Å²) in [6.45, 7) is 7.42. The Morgan fingerprint density at radius 1 is 1.47 bits per heavy atom. The van der Waals surface area contributed by atoms with Crippen molar-refractivity contribution in [2.45, 2.75) is 39.2 Å². The van der Waals surface area contributed by atoms with Gasteiger partial charge in [0.2, 0.25) is 5.91 Å². The summed E-state index contributed by atoms with van der Waals surface area (Å²) in [5.74, 6) is 0.168. The number of hydrogen-bond acceptors (Lipinski definition) is 4. The summed E-state index contributed by atoms with van der Waals surface area (Å²) in [5, 5.41) is 13.1. The highest BCUT2D eigenvalue weighted by molar-refractivity contribution is 5.76. The van der Waals surface area contributed by atoms with E-state index in [2.05, 4.69) is 19.2 Å². The van der Waals surface area contributed by atoms with Crippen LogP contribution in [0.4, 0.5) is 0 Å².